The maximum absolute atomic E-state index is 12.0. The molecule has 1 fully saturated rings. The minimum absolute atomic E-state index is 0.658. The van der Waals surface area contributed by atoms with Crippen LogP contribution < -0.4 is 9.80 Å². The predicted octanol–water partition coefficient (Wildman–Crippen LogP) is 2.86. The largest absolute Gasteiger partial charge is 0.481 e. The summed E-state index contributed by atoms with van der Waals surface area (Å²) in [6, 6.07) is 6.25. The lowest BCUT2D eigenvalue weighted by Gasteiger charge is -2.38. The Hall–Kier alpha value is -1.71. The molecule has 1 aliphatic heterocycles. The maximum atomic E-state index is 12.0. The highest BCUT2D eigenvalue weighted by Crippen LogP contribution is 2.43. The van der Waals surface area contributed by atoms with Gasteiger partial charge in [0, 0.05) is 27.2 Å². The summed E-state index contributed by atoms with van der Waals surface area (Å²) in [5.41, 5.74) is 2.66. The molecule has 0 spiro atoms. The summed E-state index contributed by atoms with van der Waals surface area (Å²) in [5.74, 6) is -0.658. The number of carboxylic acid groups (broad SMARTS) is 1. The second-order valence-corrected chi connectivity index (χ2v) is 6.49. The molecule has 1 aromatic rings. The number of carbonyl (C=O) groups is 1. The average Bonchev–Trinajstić information content (AvgIpc) is 2.51. The molecule has 3 rings (SSSR count). The van der Waals surface area contributed by atoms with Crippen LogP contribution in [0.3, 0.4) is 0 Å². The lowest BCUT2D eigenvalue weighted by molar-refractivity contribution is -0.145. The Bertz CT molecular complexity index is 550. The van der Waals surface area contributed by atoms with E-state index in [9.17, 15) is 9.90 Å². The molecule has 0 atom stereocenters. The van der Waals surface area contributed by atoms with E-state index in [0.29, 0.717) is 0 Å². The molecule has 0 bridgehead atoms. The summed E-state index contributed by atoms with van der Waals surface area (Å²) < 4.78 is 0. The zero-order chi connectivity index (χ0) is 15.0. The number of anilines is 2. The fourth-order valence-corrected chi connectivity index (χ4v) is 3.77. The number of aliphatic carboxylic acids is 1. The number of rotatable bonds is 2. The lowest BCUT2D eigenvalue weighted by Crippen LogP contribution is -2.40. The molecule has 0 unspecified atom stereocenters. The average molecular weight is 288 g/mol. The molecule has 2 aliphatic rings. The number of likely N-dealkylation sites (N-methyl/N-ethyl adjacent to an activating group) is 2. The molecule has 0 radical (unpaired) electrons. The van der Waals surface area contributed by atoms with Gasteiger partial charge in [-0.05, 0) is 30.5 Å². The third-order valence-corrected chi connectivity index (χ3v) is 5.24. The highest BCUT2D eigenvalue weighted by Gasteiger charge is 2.41. The number of fused-ring (bicyclic) bond motifs is 1. The maximum Gasteiger partial charge on any atom is 0.314 e. The second kappa shape index (κ2) is 5.24. The molecule has 1 saturated carbocycles. The lowest BCUT2D eigenvalue weighted by atomic mass is 9.69. The minimum atomic E-state index is -0.676. The van der Waals surface area contributed by atoms with Crippen molar-refractivity contribution in [3.05, 3.63) is 23.8 Å². The molecular weight excluding hydrogens is 264 g/mol. The van der Waals surface area contributed by atoms with E-state index in [-0.39, 0.29) is 0 Å². The summed E-state index contributed by atoms with van der Waals surface area (Å²) in [5, 5.41) is 9.84. The number of nitrogens with zero attached hydrogens (tertiary/aromatic N) is 2. The molecule has 4 heteroatoms. The zero-order valence-electron chi connectivity index (χ0n) is 12.9. The van der Waals surface area contributed by atoms with E-state index < -0.39 is 11.4 Å². The van der Waals surface area contributed by atoms with E-state index in [4.69, 9.17) is 0 Å². The number of carboxylic acids is 1. The SMILES string of the molecule is CN1CCN(C)c2cc(C3(C(=O)O)CCCCC3)ccc21. The van der Waals surface area contributed by atoms with Crippen molar-refractivity contribution >= 4 is 17.3 Å². The van der Waals surface area contributed by atoms with Crippen molar-refractivity contribution in [3.63, 3.8) is 0 Å². The highest BCUT2D eigenvalue weighted by atomic mass is 16.4. The van der Waals surface area contributed by atoms with Crippen molar-refractivity contribution in [2.24, 2.45) is 0 Å². The molecule has 114 valence electrons. The van der Waals surface area contributed by atoms with Crippen molar-refractivity contribution in [1.82, 2.24) is 0 Å². The second-order valence-electron chi connectivity index (χ2n) is 6.49. The van der Waals surface area contributed by atoms with Gasteiger partial charge in [0.2, 0.25) is 0 Å². The molecule has 21 heavy (non-hydrogen) atoms. The van der Waals surface area contributed by atoms with Crippen LogP contribution in [0.2, 0.25) is 0 Å². The fraction of sp³-hybridized carbons (Fsp3) is 0.588. The molecule has 0 aromatic heterocycles. The molecular formula is C17H24N2O2. The summed E-state index contributed by atoms with van der Waals surface area (Å²) in [4.78, 5) is 16.4. The Morgan fingerprint density at radius 2 is 1.67 bits per heavy atom. The molecule has 1 heterocycles. The van der Waals surface area contributed by atoms with Crippen molar-refractivity contribution in [2.75, 3.05) is 37.0 Å². The van der Waals surface area contributed by atoms with Crippen LogP contribution in [-0.4, -0.2) is 38.3 Å². The standard InChI is InChI=1S/C17H24N2O2/c1-18-10-11-19(2)15-12-13(6-7-14(15)18)17(16(20)21)8-4-3-5-9-17/h6-7,12H,3-5,8-11H2,1-2H3,(H,20,21). The summed E-state index contributed by atoms with van der Waals surface area (Å²) in [6.07, 6.45) is 4.71. The topological polar surface area (TPSA) is 43.8 Å². The first-order valence-electron chi connectivity index (χ1n) is 7.85. The van der Waals surface area contributed by atoms with Crippen LogP contribution in [0, 0.1) is 0 Å². The number of benzene rings is 1. The van der Waals surface area contributed by atoms with Gasteiger partial charge >= 0.3 is 5.97 Å². The Morgan fingerprint density at radius 3 is 2.29 bits per heavy atom. The normalized spacial score (nSPS) is 21.0. The van der Waals surface area contributed by atoms with Crippen molar-refractivity contribution in [3.8, 4) is 0 Å². The van der Waals surface area contributed by atoms with Gasteiger partial charge in [0.1, 0.15) is 0 Å². The smallest absolute Gasteiger partial charge is 0.314 e. The van der Waals surface area contributed by atoms with E-state index in [1.165, 1.54) is 5.69 Å². The number of hydrogen-bond acceptors (Lipinski definition) is 3. The van der Waals surface area contributed by atoms with E-state index in [1.54, 1.807) is 0 Å². The van der Waals surface area contributed by atoms with Crippen molar-refractivity contribution in [1.29, 1.82) is 0 Å². The molecule has 1 N–H and O–H groups in total. The van der Waals surface area contributed by atoms with Gasteiger partial charge in [-0.25, -0.2) is 0 Å². The Kier molecular flexibility index (Phi) is 3.56. The molecule has 0 amide bonds. The third kappa shape index (κ3) is 2.27. The van der Waals surface area contributed by atoms with Crippen LogP contribution in [0.1, 0.15) is 37.7 Å². The van der Waals surface area contributed by atoms with Crippen molar-refractivity contribution < 1.29 is 9.90 Å². The first kappa shape index (κ1) is 14.2. The molecule has 1 aliphatic carbocycles. The van der Waals surface area contributed by atoms with Gasteiger partial charge < -0.3 is 14.9 Å². The summed E-state index contributed by atoms with van der Waals surface area (Å²) in [6.45, 7) is 1.99. The fourth-order valence-electron chi connectivity index (χ4n) is 3.77. The van der Waals surface area contributed by atoms with Gasteiger partial charge in [0.15, 0.2) is 0 Å². The Morgan fingerprint density at radius 1 is 1.05 bits per heavy atom. The van der Waals surface area contributed by atoms with Gasteiger partial charge in [0.25, 0.3) is 0 Å². The van der Waals surface area contributed by atoms with Crippen LogP contribution in [0.15, 0.2) is 18.2 Å². The van der Waals surface area contributed by atoms with Gasteiger partial charge in [-0.3, -0.25) is 4.79 Å². The first-order valence-corrected chi connectivity index (χ1v) is 7.85. The number of hydrogen-bond donors (Lipinski definition) is 1. The van der Waals surface area contributed by atoms with Crippen LogP contribution in [0.4, 0.5) is 11.4 Å². The molecule has 1 aromatic carbocycles. The minimum Gasteiger partial charge on any atom is -0.481 e. The van der Waals surface area contributed by atoms with Gasteiger partial charge in [-0.15, -0.1) is 0 Å². The summed E-state index contributed by atoms with van der Waals surface area (Å²) >= 11 is 0. The van der Waals surface area contributed by atoms with Gasteiger partial charge in [0.05, 0.1) is 16.8 Å². The quantitative estimate of drug-likeness (QED) is 0.909. The monoisotopic (exact) mass is 288 g/mol. The van der Waals surface area contributed by atoms with Gasteiger partial charge in [-0.1, -0.05) is 25.3 Å². The van der Waals surface area contributed by atoms with E-state index in [1.807, 2.05) is 6.07 Å². The van der Waals surface area contributed by atoms with Gasteiger partial charge in [-0.2, -0.15) is 0 Å². The Balaban J connectivity index is 2.06. The predicted molar refractivity (Wildman–Crippen MR) is 85.4 cm³/mol. The molecule has 4 nitrogen and oxygen atoms in total. The van der Waals surface area contributed by atoms with E-state index >= 15 is 0 Å². The first-order chi connectivity index (χ1) is 10.0. The van der Waals surface area contributed by atoms with E-state index in [0.717, 1.165) is 56.4 Å². The zero-order valence-corrected chi connectivity index (χ0v) is 12.9. The Labute approximate surface area is 126 Å². The van der Waals surface area contributed by atoms with E-state index in [2.05, 4.69) is 36.0 Å². The summed E-state index contributed by atoms with van der Waals surface area (Å²) in [7, 11) is 4.18. The molecule has 0 saturated heterocycles. The van der Waals surface area contributed by atoms with Crippen LogP contribution in [-0.2, 0) is 10.2 Å². The van der Waals surface area contributed by atoms with Crippen LogP contribution >= 0.6 is 0 Å². The highest BCUT2D eigenvalue weighted by molar-refractivity contribution is 5.84. The van der Waals surface area contributed by atoms with Crippen LogP contribution in [0.25, 0.3) is 0 Å². The third-order valence-electron chi connectivity index (χ3n) is 5.24. The van der Waals surface area contributed by atoms with Crippen molar-refractivity contribution in [2.45, 2.75) is 37.5 Å². The van der Waals surface area contributed by atoms with Crippen LogP contribution in [0.5, 0.6) is 0 Å².